The Morgan fingerprint density at radius 3 is 2.62 bits per heavy atom. The quantitative estimate of drug-likeness (QED) is 0.825. The fourth-order valence-electron chi connectivity index (χ4n) is 2.11. The number of nitrogens with one attached hydrogen (secondary N) is 1. The van der Waals surface area contributed by atoms with Crippen molar-refractivity contribution in [1.29, 1.82) is 0 Å². The summed E-state index contributed by atoms with van der Waals surface area (Å²) in [6, 6.07) is 6.03. The van der Waals surface area contributed by atoms with E-state index in [1.54, 1.807) is 11.3 Å². The zero-order valence-electron chi connectivity index (χ0n) is 12.7. The second-order valence-electron chi connectivity index (χ2n) is 5.16. The number of aliphatic hydroxyl groups is 1. The van der Waals surface area contributed by atoms with Gasteiger partial charge in [-0.2, -0.15) is 0 Å². The summed E-state index contributed by atoms with van der Waals surface area (Å²) in [7, 11) is 0. The van der Waals surface area contributed by atoms with Gasteiger partial charge in [0.2, 0.25) is 0 Å². The lowest BCUT2D eigenvalue weighted by Gasteiger charge is -2.16. The molecule has 1 aromatic carbocycles. The van der Waals surface area contributed by atoms with Gasteiger partial charge in [0.25, 0.3) is 0 Å². The molecule has 0 bridgehead atoms. The summed E-state index contributed by atoms with van der Waals surface area (Å²) in [4.78, 5) is 5.38. The average Bonchev–Trinajstić information content (AvgIpc) is 2.84. The van der Waals surface area contributed by atoms with Gasteiger partial charge in [0.1, 0.15) is 18.5 Å². The number of hydrogen-bond acceptors (Lipinski definition) is 5. The van der Waals surface area contributed by atoms with Crippen molar-refractivity contribution < 1.29 is 9.84 Å². The van der Waals surface area contributed by atoms with E-state index in [-0.39, 0.29) is 0 Å². The number of nitrogens with zero attached hydrogens (tertiary/aromatic N) is 1. The number of ether oxygens (including phenoxy) is 1. The largest absolute Gasteiger partial charge is 0.490 e. The molecule has 0 radical (unpaired) electrons. The van der Waals surface area contributed by atoms with Gasteiger partial charge in [-0.25, -0.2) is 4.98 Å². The van der Waals surface area contributed by atoms with Crippen molar-refractivity contribution in [3.8, 4) is 5.75 Å². The number of thiazole rings is 1. The Morgan fingerprint density at radius 2 is 2.00 bits per heavy atom. The van der Waals surface area contributed by atoms with Crippen molar-refractivity contribution >= 4 is 11.3 Å². The van der Waals surface area contributed by atoms with E-state index in [2.05, 4.69) is 10.3 Å². The minimum Gasteiger partial charge on any atom is -0.490 e. The first-order chi connectivity index (χ1) is 10.1. The maximum Gasteiger partial charge on any atom is 0.125 e. The van der Waals surface area contributed by atoms with E-state index >= 15 is 0 Å². The number of hydrogen-bond donors (Lipinski definition) is 2. The van der Waals surface area contributed by atoms with Crippen LogP contribution in [0.25, 0.3) is 0 Å². The minimum atomic E-state index is -0.530. The summed E-state index contributed by atoms with van der Waals surface area (Å²) >= 11 is 1.67. The summed E-state index contributed by atoms with van der Waals surface area (Å²) in [6.07, 6.45) is 1.34. The Morgan fingerprint density at radius 1 is 1.29 bits per heavy atom. The number of aliphatic hydroxyl groups excluding tert-OH is 1. The number of aromatic nitrogens is 1. The second-order valence-corrected chi connectivity index (χ2v) is 6.48. The van der Waals surface area contributed by atoms with Crippen LogP contribution in [0.5, 0.6) is 5.75 Å². The minimum absolute atomic E-state index is 0.292. The van der Waals surface area contributed by atoms with Gasteiger partial charge in [0.15, 0.2) is 0 Å². The van der Waals surface area contributed by atoms with Gasteiger partial charge in [-0.15, -0.1) is 11.3 Å². The van der Waals surface area contributed by atoms with Gasteiger partial charge in [-0.1, -0.05) is 18.2 Å². The van der Waals surface area contributed by atoms with E-state index in [1.807, 2.05) is 45.2 Å². The fraction of sp³-hybridized carbons (Fsp3) is 0.438. The van der Waals surface area contributed by atoms with Gasteiger partial charge in [-0.05, 0) is 31.9 Å². The van der Waals surface area contributed by atoms with Crippen LogP contribution in [-0.4, -0.2) is 29.3 Å². The molecule has 5 heteroatoms. The highest BCUT2D eigenvalue weighted by Crippen LogP contribution is 2.22. The predicted octanol–water partition coefficient (Wildman–Crippen LogP) is 2.60. The van der Waals surface area contributed by atoms with Gasteiger partial charge in [-0.3, -0.25) is 0 Å². The Balaban J connectivity index is 1.73. The summed E-state index contributed by atoms with van der Waals surface area (Å²) in [5.41, 5.74) is 2.19. The smallest absolute Gasteiger partial charge is 0.125 e. The molecule has 0 saturated carbocycles. The van der Waals surface area contributed by atoms with Gasteiger partial charge in [0, 0.05) is 24.2 Å². The van der Waals surface area contributed by atoms with E-state index in [4.69, 9.17) is 4.74 Å². The number of rotatable bonds is 7. The van der Waals surface area contributed by atoms with Crippen LogP contribution in [0, 0.1) is 20.8 Å². The molecule has 1 unspecified atom stereocenters. The summed E-state index contributed by atoms with van der Waals surface area (Å²) in [6.45, 7) is 7.54. The van der Waals surface area contributed by atoms with E-state index in [1.165, 1.54) is 4.88 Å². The summed E-state index contributed by atoms with van der Waals surface area (Å²) < 4.78 is 5.74. The molecule has 1 atom stereocenters. The molecule has 2 aromatic rings. The third-order valence-corrected chi connectivity index (χ3v) is 4.09. The van der Waals surface area contributed by atoms with Crippen LogP contribution in [-0.2, 0) is 6.54 Å². The predicted molar refractivity (Wildman–Crippen MR) is 86.0 cm³/mol. The van der Waals surface area contributed by atoms with Crippen LogP contribution in [0.3, 0.4) is 0 Å². The molecular weight excluding hydrogens is 284 g/mol. The van der Waals surface area contributed by atoms with Gasteiger partial charge < -0.3 is 15.2 Å². The average molecular weight is 306 g/mol. The highest BCUT2D eigenvalue weighted by Gasteiger charge is 2.08. The summed E-state index contributed by atoms with van der Waals surface area (Å²) in [5.74, 6) is 0.870. The molecule has 114 valence electrons. The molecule has 0 aliphatic rings. The lowest BCUT2D eigenvalue weighted by atomic mass is 10.1. The maximum atomic E-state index is 9.98. The topological polar surface area (TPSA) is 54.4 Å². The zero-order chi connectivity index (χ0) is 15.2. The fourth-order valence-corrected chi connectivity index (χ4v) is 2.88. The SMILES string of the molecule is Cc1ncc(CNCC(O)COc2c(C)cccc2C)s1. The van der Waals surface area contributed by atoms with Crippen LogP contribution in [0.4, 0.5) is 0 Å². The van der Waals surface area contributed by atoms with E-state index in [0.717, 1.165) is 28.4 Å². The maximum absolute atomic E-state index is 9.98. The van der Waals surface area contributed by atoms with Crippen molar-refractivity contribution in [3.05, 3.63) is 45.4 Å². The lowest BCUT2D eigenvalue weighted by molar-refractivity contribution is 0.105. The zero-order valence-corrected chi connectivity index (χ0v) is 13.5. The number of benzene rings is 1. The molecular formula is C16H22N2O2S. The third kappa shape index (κ3) is 4.81. The highest BCUT2D eigenvalue weighted by atomic mass is 32.1. The van der Waals surface area contributed by atoms with Gasteiger partial charge >= 0.3 is 0 Å². The molecule has 1 aromatic heterocycles. The van der Waals surface area contributed by atoms with Crippen molar-refractivity contribution in [2.75, 3.05) is 13.2 Å². The second kappa shape index (κ2) is 7.54. The van der Waals surface area contributed by atoms with Gasteiger partial charge in [0.05, 0.1) is 5.01 Å². The molecule has 1 heterocycles. The normalized spacial score (nSPS) is 12.4. The summed E-state index contributed by atoms with van der Waals surface area (Å²) in [5, 5.41) is 14.3. The van der Waals surface area contributed by atoms with Crippen molar-refractivity contribution in [3.63, 3.8) is 0 Å². The molecule has 0 aliphatic carbocycles. The Kier molecular flexibility index (Phi) is 5.73. The molecule has 4 nitrogen and oxygen atoms in total. The first-order valence-corrected chi connectivity index (χ1v) is 7.87. The van der Waals surface area contributed by atoms with E-state index in [9.17, 15) is 5.11 Å². The van der Waals surface area contributed by atoms with E-state index < -0.39 is 6.10 Å². The molecule has 21 heavy (non-hydrogen) atoms. The van der Waals surface area contributed by atoms with Crippen LogP contribution in [0.2, 0.25) is 0 Å². The molecule has 0 saturated heterocycles. The van der Waals surface area contributed by atoms with E-state index in [0.29, 0.717) is 13.2 Å². The Bertz CT molecular complexity index is 563. The molecule has 0 spiro atoms. The lowest BCUT2D eigenvalue weighted by Crippen LogP contribution is -2.31. The Labute approximate surface area is 129 Å². The van der Waals surface area contributed by atoms with Crippen LogP contribution in [0.15, 0.2) is 24.4 Å². The van der Waals surface area contributed by atoms with Crippen LogP contribution < -0.4 is 10.1 Å². The van der Waals surface area contributed by atoms with Crippen LogP contribution in [0.1, 0.15) is 21.0 Å². The first-order valence-electron chi connectivity index (χ1n) is 7.05. The third-order valence-electron chi connectivity index (χ3n) is 3.18. The molecule has 0 fully saturated rings. The van der Waals surface area contributed by atoms with Crippen molar-refractivity contribution in [2.24, 2.45) is 0 Å². The molecule has 0 aliphatic heterocycles. The molecule has 0 amide bonds. The first kappa shape index (κ1) is 15.9. The number of para-hydroxylation sites is 1. The monoisotopic (exact) mass is 306 g/mol. The standard InChI is InChI=1S/C16H22N2O2S/c1-11-5-4-6-12(2)16(11)20-10-14(19)7-17-8-15-9-18-13(3)21-15/h4-6,9,14,17,19H,7-8,10H2,1-3H3. The van der Waals surface area contributed by atoms with Crippen molar-refractivity contribution in [2.45, 2.75) is 33.4 Å². The Hall–Kier alpha value is -1.43. The van der Waals surface area contributed by atoms with Crippen LogP contribution >= 0.6 is 11.3 Å². The molecule has 2 rings (SSSR count). The van der Waals surface area contributed by atoms with Crippen molar-refractivity contribution in [1.82, 2.24) is 10.3 Å². The molecule has 2 N–H and O–H groups in total. The number of aryl methyl sites for hydroxylation is 3. The highest BCUT2D eigenvalue weighted by molar-refractivity contribution is 7.11.